The maximum atomic E-state index is 13.6. The Labute approximate surface area is 115 Å². The van der Waals surface area contributed by atoms with Crippen LogP contribution < -0.4 is 4.74 Å². The summed E-state index contributed by atoms with van der Waals surface area (Å²) in [5.41, 5.74) is -1.08. The molecule has 0 aromatic heterocycles. The third kappa shape index (κ3) is 2.83. The minimum Gasteiger partial charge on any atom is -0.441 e. The van der Waals surface area contributed by atoms with Gasteiger partial charge in [0.2, 0.25) is 5.75 Å². The first-order valence-corrected chi connectivity index (χ1v) is 5.49. The largest absolute Gasteiger partial charge is 0.441 e. The first kappa shape index (κ1) is 14.5. The smallest absolute Gasteiger partial charge is 0.314 e. The molecule has 8 heteroatoms. The van der Waals surface area contributed by atoms with Gasteiger partial charge in [-0.1, -0.05) is 6.07 Å². The Bertz CT molecular complexity index is 710. The summed E-state index contributed by atoms with van der Waals surface area (Å²) >= 11 is 0. The van der Waals surface area contributed by atoms with Gasteiger partial charge in [-0.2, -0.15) is 0 Å². The molecule has 0 aliphatic carbocycles. The highest BCUT2D eigenvalue weighted by Crippen LogP contribution is 2.36. The van der Waals surface area contributed by atoms with Crippen molar-refractivity contribution in [2.45, 2.75) is 0 Å². The van der Waals surface area contributed by atoms with E-state index < -0.39 is 39.6 Å². The van der Waals surface area contributed by atoms with E-state index in [1.54, 1.807) is 0 Å². The lowest BCUT2D eigenvalue weighted by Gasteiger charge is -2.09. The van der Waals surface area contributed by atoms with Gasteiger partial charge in [0.25, 0.3) is 0 Å². The number of nitro benzene ring substituents is 1. The molecule has 2 rings (SSSR count). The number of aldehydes is 1. The van der Waals surface area contributed by atoms with Gasteiger partial charge in [-0.05, 0) is 18.2 Å². The Morgan fingerprint density at radius 3 is 2.19 bits per heavy atom. The molecule has 0 heterocycles. The summed E-state index contributed by atoms with van der Waals surface area (Å²) in [5.74, 6) is -5.67. The molecule has 0 unspecified atom stereocenters. The lowest BCUT2D eigenvalue weighted by Crippen LogP contribution is -2.00. The number of hydrogen-bond acceptors (Lipinski definition) is 4. The van der Waals surface area contributed by atoms with Crippen molar-refractivity contribution >= 4 is 12.0 Å². The van der Waals surface area contributed by atoms with Gasteiger partial charge in [0.05, 0.1) is 4.92 Å². The highest BCUT2D eigenvalue weighted by atomic mass is 19.1. The molecule has 0 fully saturated rings. The molecule has 21 heavy (non-hydrogen) atoms. The number of carbonyl (C=O) groups excluding carboxylic acids is 1. The van der Waals surface area contributed by atoms with E-state index in [2.05, 4.69) is 4.74 Å². The number of carbonyl (C=O) groups is 1. The molecule has 2 aromatic carbocycles. The first-order valence-electron chi connectivity index (χ1n) is 5.49. The third-order valence-electron chi connectivity index (χ3n) is 2.50. The van der Waals surface area contributed by atoms with Crippen LogP contribution >= 0.6 is 0 Å². The van der Waals surface area contributed by atoms with Crippen molar-refractivity contribution in [2.75, 3.05) is 0 Å². The summed E-state index contributed by atoms with van der Waals surface area (Å²) in [5, 5.41) is 10.8. The second-order valence-corrected chi connectivity index (χ2v) is 3.88. The first-order chi connectivity index (χ1) is 9.93. The monoisotopic (exact) mass is 297 g/mol. The van der Waals surface area contributed by atoms with Crippen LogP contribution in [0, 0.1) is 27.6 Å². The van der Waals surface area contributed by atoms with Crippen LogP contribution in [0.15, 0.2) is 30.3 Å². The van der Waals surface area contributed by atoms with Crippen LogP contribution in [-0.4, -0.2) is 11.2 Å². The Morgan fingerprint density at radius 2 is 1.67 bits per heavy atom. The fraction of sp³-hybridized carbons (Fsp3) is 0. The number of halogens is 3. The van der Waals surface area contributed by atoms with E-state index in [9.17, 15) is 28.1 Å². The molecule has 0 bridgehead atoms. The number of nitro groups is 1. The second-order valence-electron chi connectivity index (χ2n) is 3.88. The van der Waals surface area contributed by atoms with Crippen molar-refractivity contribution in [1.29, 1.82) is 0 Å². The minimum atomic E-state index is -1.28. The summed E-state index contributed by atoms with van der Waals surface area (Å²) in [6.07, 6.45) is 0.210. The number of para-hydroxylation sites is 1. The normalized spacial score (nSPS) is 10.2. The summed E-state index contributed by atoms with van der Waals surface area (Å²) in [6.45, 7) is 0. The molecule has 2 aromatic rings. The van der Waals surface area contributed by atoms with Crippen LogP contribution in [0.4, 0.5) is 18.9 Å². The molecule has 0 saturated carbocycles. The summed E-state index contributed by atoms with van der Waals surface area (Å²) in [7, 11) is 0. The van der Waals surface area contributed by atoms with Gasteiger partial charge >= 0.3 is 5.69 Å². The van der Waals surface area contributed by atoms with E-state index in [0.717, 1.165) is 18.2 Å². The van der Waals surface area contributed by atoms with Gasteiger partial charge in [0.1, 0.15) is 6.29 Å². The zero-order chi connectivity index (χ0) is 15.6. The van der Waals surface area contributed by atoms with E-state index in [-0.39, 0.29) is 11.8 Å². The molecule has 5 nitrogen and oxygen atoms in total. The lowest BCUT2D eigenvalue weighted by atomic mass is 10.2. The maximum Gasteiger partial charge on any atom is 0.314 e. The van der Waals surface area contributed by atoms with Crippen LogP contribution in [0.3, 0.4) is 0 Å². The van der Waals surface area contributed by atoms with Crippen LogP contribution in [0.5, 0.6) is 11.5 Å². The molecule has 0 amide bonds. The number of hydrogen-bond donors (Lipinski definition) is 0. The van der Waals surface area contributed by atoms with Crippen molar-refractivity contribution < 1.29 is 27.6 Å². The fourth-order valence-electron chi connectivity index (χ4n) is 1.59. The quantitative estimate of drug-likeness (QED) is 0.491. The maximum absolute atomic E-state index is 13.6. The average Bonchev–Trinajstić information content (AvgIpc) is 2.43. The molecule has 0 saturated heterocycles. The highest BCUT2D eigenvalue weighted by molar-refractivity contribution is 5.75. The van der Waals surface area contributed by atoms with E-state index >= 15 is 0 Å². The van der Waals surface area contributed by atoms with E-state index in [1.165, 1.54) is 0 Å². The van der Waals surface area contributed by atoms with Crippen LogP contribution in [-0.2, 0) is 0 Å². The van der Waals surface area contributed by atoms with Gasteiger partial charge in [-0.25, -0.2) is 13.2 Å². The predicted octanol–water partition coefficient (Wildman–Crippen LogP) is 3.62. The van der Waals surface area contributed by atoms with Crippen molar-refractivity contribution in [1.82, 2.24) is 0 Å². The SMILES string of the molecule is O=Cc1cc(F)c(Oc2c(F)cccc2[N+](=O)[O-])c(F)c1. The number of benzene rings is 2. The molecular formula is C13H6F3NO4. The summed E-state index contributed by atoms with van der Waals surface area (Å²) in [6, 6.07) is 4.16. The lowest BCUT2D eigenvalue weighted by molar-refractivity contribution is -0.385. The molecular weight excluding hydrogens is 291 g/mol. The molecule has 0 radical (unpaired) electrons. The number of nitrogens with zero attached hydrogens (tertiary/aromatic N) is 1. The van der Waals surface area contributed by atoms with Crippen molar-refractivity contribution in [3.05, 3.63) is 63.5 Å². The van der Waals surface area contributed by atoms with Crippen LogP contribution in [0.2, 0.25) is 0 Å². The topological polar surface area (TPSA) is 69.4 Å². The summed E-state index contributed by atoms with van der Waals surface area (Å²) in [4.78, 5) is 20.3. The zero-order valence-corrected chi connectivity index (χ0v) is 10.2. The zero-order valence-electron chi connectivity index (χ0n) is 10.2. The van der Waals surface area contributed by atoms with E-state index in [4.69, 9.17) is 0 Å². The Morgan fingerprint density at radius 1 is 1.05 bits per heavy atom. The van der Waals surface area contributed by atoms with Gasteiger partial charge in [-0.3, -0.25) is 14.9 Å². The average molecular weight is 297 g/mol. The molecule has 0 N–H and O–H groups in total. The Hall–Kier alpha value is -2.90. The molecule has 0 spiro atoms. The van der Waals surface area contributed by atoms with E-state index in [1.807, 2.05) is 0 Å². The predicted molar refractivity (Wildman–Crippen MR) is 64.9 cm³/mol. The van der Waals surface area contributed by atoms with Gasteiger partial charge in [0.15, 0.2) is 23.2 Å². The van der Waals surface area contributed by atoms with Crippen molar-refractivity contribution in [2.24, 2.45) is 0 Å². The molecule has 0 aliphatic rings. The molecule has 0 atom stereocenters. The Kier molecular flexibility index (Phi) is 3.88. The molecule has 108 valence electrons. The Balaban J connectivity index is 2.53. The van der Waals surface area contributed by atoms with E-state index in [0.29, 0.717) is 12.1 Å². The number of rotatable bonds is 4. The third-order valence-corrected chi connectivity index (χ3v) is 2.50. The van der Waals surface area contributed by atoms with Crippen LogP contribution in [0.25, 0.3) is 0 Å². The molecule has 0 aliphatic heterocycles. The van der Waals surface area contributed by atoms with Crippen molar-refractivity contribution in [3.63, 3.8) is 0 Å². The summed E-state index contributed by atoms with van der Waals surface area (Å²) < 4.78 is 45.5. The van der Waals surface area contributed by atoms with Gasteiger partial charge in [-0.15, -0.1) is 0 Å². The highest BCUT2D eigenvalue weighted by Gasteiger charge is 2.23. The second kappa shape index (κ2) is 5.61. The van der Waals surface area contributed by atoms with Gasteiger partial charge < -0.3 is 4.74 Å². The van der Waals surface area contributed by atoms with Crippen LogP contribution in [0.1, 0.15) is 10.4 Å². The standard InChI is InChI=1S/C13H6F3NO4/c14-8-2-1-3-11(17(19)20)13(8)21-12-9(15)4-7(6-18)5-10(12)16/h1-6H. The number of ether oxygens (including phenoxy) is 1. The fourth-order valence-corrected chi connectivity index (χ4v) is 1.59. The minimum absolute atomic E-state index is 0.210. The van der Waals surface area contributed by atoms with Crippen molar-refractivity contribution in [3.8, 4) is 11.5 Å². The van der Waals surface area contributed by atoms with Gasteiger partial charge in [0, 0.05) is 11.6 Å².